The summed E-state index contributed by atoms with van der Waals surface area (Å²) in [5.41, 5.74) is 6.04. The number of benzene rings is 1. The van der Waals surface area contributed by atoms with E-state index < -0.39 is 5.91 Å². The molecule has 2 atom stereocenters. The van der Waals surface area contributed by atoms with Crippen LogP contribution in [0.5, 0.6) is 0 Å². The molecular formula is C24H34FN3O2. The number of halogens is 1. The summed E-state index contributed by atoms with van der Waals surface area (Å²) < 4.78 is 13.9. The summed E-state index contributed by atoms with van der Waals surface area (Å²) >= 11 is 0. The van der Waals surface area contributed by atoms with Crippen LogP contribution in [0.25, 0.3) is 0 Å². The molecule has 0 aliphatic rings. The zero-order chi connectivity index (χ0) is 22.1. The summed E-state index contributed by atoms with van der Waals surface area (Å²) in [5.74, 6) is -0.945. The Kier molecular flexibility index (Phi) is 9.40. The van der Waals surface area contributed by atoms with Crippen molar-refractivity contribution in [3.8, 4) is 0 Å². The number of aromatic nitrogens is 1. The van der Waals surface area contributed by atoms with Gasteiger partial charge in [-0.1, -0.05) is 31.5 Å². The maximum atomic E-state index is 13.9. The van der Waals surface area contributed by atoms with Gasteiger partial charge in [0.2, 0.25) is 5.91 Å². The first-order chi connectivity index (χ1) is 14.3. The molecule has 0 spiro atoms. The topological polar surface area (TPSA) is 74.2 Å². The Balaban J connectivity index is 1.86. The molecule has 6 heteroatoms. The average molecular weight is 416 g/mol. The number of nitrogens with one attached hydrogen (secondary N) is 2. The van der Waals surface area contributed by atoms with Gasteiger partial charge in [-0.3, -0.25) is 15.0 Å². The Morgan fingerprint density at radius 3 is 2.43 bits per heavy atom. The molecule has 2 rings (SSSR count). The van der Waals surface area contributed by atoms with Crippen LogP contribution in [0.1, 0.15) is 66.6 Å². The molecule has 1 aromatic carbocycles. The number of amides is 1. The minimum atomic E-state index is -0.391. The van der Waals surface area contributed by atoms with E-state index in [4.69, 9.17) is 5.21 Å². The maximum absolute atomic E-state index is 13.9. The zero-order valence-corrected chi connectivity index (χ0v) is 18.5. The Labute approximate surface area is 179 Å². The van der Waals surface area contributed by atoms with Gasteiger partial charge in [0.05, 0.1) is 5.69 Å². The van der Waals surface area contributed by atoms with Crippen LogP contribution in [0.15, 0.2) is 30.5 Å². The van der Waals surface area contributed by atoms with Crippen molar-refractivity contribution in [3.63, 3.8) is 0 Å². The first kappa shape index (κ1) is 24.0. The normalized spacial score (nSPS) is 13.1. The first-order valence-electron chi connectivity index (χ1n) is 10.7. The monoisotopic (exact) mass is 415 g/mol. The van der Waals surface area contributed by atoms with Crippen molar-refractivity contribution in [2.24, 2.45) is 5.92 Å². The molecule has 0 unspecified atom stereocenters. The number of aryl methyl sites for hydroxylation is 3. The minimum absolute atomic E-state index is 0.207. The predicted octanol–water partition coefficient (Wildman–Crippen LogP) is 4.72. The predicted molar refractivity (Wildman–Crippen MR) is 117 cm³/mol. The highest BCUT2D eigenvalue weighted by molar-refractivity contribution is 5.77. The number of carbonyl (C=O) groups excluding carboxylic acids is 1. The van der Waals surface area contributed by atoms with Gasteiger partial charge < -0.3 is 5.32 Å². The van der Waals surface area contributed by atoms with Crippen molar-refractivity contribution >= 4 is 5.91 Å². The fraction of sp³-hybridized carbons (Fsp3) is 0.500. The molecule has 30 heavy (non-hydrogen) atoms. The van der Waals surface area contributed by atoms with E-state index in [0.717, 1.165) is 42.6 Å². The summed E-state index contributed by atoms with van der Waals surface area (Å²) in [6, 6.07) is 7.91. The van der Waals surface area contributed by atoms with Crippen LogP contribution >= 0.6 is 0 Å². The lowest BCUT2D eigenvalue weighted by molar-refractivity contribution is -0.133. The Hall–Kier alpha value is -2.31. The Bertz CT molecular complexity index is 801. The fourth-order valence-electron chi connectivity index (χ4n) is 3.79. The molecule has 0 aliphatic heterocycles. The summed E-state index contributed by atoms with van der Waals surface area (Å²) in [6.45, 7) is 8.44. The quantitative estimate of drug-likeness (QED) is 0.282. The van der Waals surface area contributed by atoms with E-state index >= 15 is 0 Å². The van der Waals surface area contributed by atoms with E-state index in [1.54, 1.807) is 31.5 Å². The van der Waals surface area contributed by atoms with Gasteiger partial charge in [-0.05, 0) is 81.3 Å². The molecule has 1 heterocycles. The van der Waals surface area contributed by atoms with Crippen molar-refractivity contribution in [1.29, 1.82) is 0 Å². The molecular weight excluding hydrogens is 381 g/mol. The van der Waals surface area contributed by atoms with E-state index in [0.29, 0.717) is 24.0 Å². The molecule has 1 amide bonds. The van der Waals surface area contributed by atoms with Gasteiger partial charge in [0.1, 0.15) is 5.82 Å². The van der Waals surface area contributed by atoms with Gasteiger partial charge >= 0.3 is 0 Å². The lowest BCUT2D eigenvalue weighted by atomic mass is 9.91. The second-order valence-electron chi connectivity index (χ2n) is 8.09. The lowest BCUT2D eigenvalue weighted by Crippen LogP contribution is -2.29. The molecule has 3 N–H and O–H groups in total. The van der Waals surface area contributed by atoms with Crippen molar-refractivity contribution in [3.05, 3.63) is 64.2 Å². The SMILES string of the molecule is CC[C@@H](NCCCC[C@@H](Cc1cc(C)c(F)c(C)c1)C(=O)NO)c1ccc(C)cn1. The van der Waals surface area contributed by atoms with Gasteiger partial charge in [0.25, 0.3) is 0 Å². The van der Waals surface area contributed by atoms with E-state index in [-0.39, 0.29) is 17.8 Å². The zero-order valence-electron chi connectivity index (χ0n) is 18.5. The first-order valence-corrected chi connectivity index (χ1v) is 10.7. The second kappa shape index (κ2) is 11.8. The number of unbranched alkanes of at least 4 members (excludes halogenated alkanes) is 1. The number of hydrogen-bond acceptors (Lipinski definition) is 4. The largest absolute Gasteiger partial charge is 0.309 e. The van der Waals surface area contributed by atoms with Gasteiger partial charge in [-0.15, -0.1) is 0 Å². The smallest absolute Gasteiger partial charge is 0.246 e. The van der Waals surface area contributed by atoms with Crippen LogP contribution < -0.4 is 10.8 Å². The van der Waals surface area contributed by atoms with E-state index in [2.05, 4.69) is 29.4 Å². The van der Waals surface area contributed by atoms with Gasteiger partial charge in [-0.2, -0.15) is 0 Å². The highest BCUT2D eigenvalue weighted by atomic mass is 19.1. The summed E-state index contributed by atoms with van der Waals surface area (Å²) in [7, 11) is 0. The van der Waals surface area contributed by atoms with Crippen molar-refractivity contribution in [2.75, 3.05) is 6.54 Å². The molecule has 1 aromatic heterocycles. The summed E-state index contributed by atoms with van der Waals surface area (Å²) in [5, 5.41) is 12.6. The lowest BCUT2D eigenvalue weighted by Gasteiger charge is -2.18. The molecule has 2 aromatic rings. The maximum Gasteiger partial charge on any atom is 0.246 e. The second-order valence-corrected chi connectivity index (χ2v) is 8.09. The van der Waals surface area contributed by atoms with E-state index in [9.17, 15) is 9.18 Å². The third kappa shape index (κ3) is 6.89. The highest BCUT2D eigenvalue weighted by Gasteiger charge is 2.19. The number of nitrogens with zero attached hydrogens (tertiary/aromatic N) is 1. The summed E-state index contributed by atoms with van der Waals surface area (Å²) in [4.78, 5) is 16.6. The molecule has 0 aliphatic carbocycles. The van der Waals surface area contributed by atoms with E-state index in [1.165, 1.54) is 0 Å². The minimum Gasteiger partial charge on any atom is -0.309 e. The molecule has 0 fully saturated rings. The third-order valence-electron chi connectivity index (χ3n) is 5.53. The Morgan fingerprint density at radius 1 is 1.17 bits per heavy atom. The molecule has 0 saturated carbocycles. The van der Waals surface area contributed by atoms with Crippen LogP contribution in [-0.4, -0.2) is 22.6 Å². The van der Waals surface area contributed by atoms with Crippen molar-refractivity contribution in [2.45, 2.75) is 65.8 Å². The molecule has 0 bridgehead atoms. The molecule has 0 saturated heterocycles. The molecule has 164 valence electrons. The van der Waals surface area contributed by atoms with Crippen LogP contribution in [0, 0.1) is 32.5 Å². The van der Waals surface area contributed by atoms with Crippen LogP contribution in [0.4, 0.5) is 4.39 Å². The van der Waals surface area contributed by atoms with Crippen molar-refractivity contribution in [1.82, 2.24) is 15.8 Å². The third-order valence-corrected chi connectivity index (χ3v) is 5.53. The number of pyridine rings is 1. The summed E-state index contributed by atoms with van der Waals surface area (Å²) in [6.07, 6.45) is 5.74. The number of hydrogen-bond donors (Lipinski definition) is 3. The number of hydroxylamine groups is 1. The van der Waals surface area contributed by atoms with E-state index in [1.807, 2.05) is 13.1 Å². The van der Waals surface area contributed by atoms with Crippen LogP contribution in [-0.2, 0) is 11.2 Å². The van der Waals surface area contributed by atoms with Gasteiger partial charge in [0.15, 0.2) is 0 Å². The van der Waals surface area contributed by atoms with Crippen molar-refractivity contribution < 1.29 is 14.4 Å². The highest BCUT2D eigenvalue weighted by Crippen LogP contribution is 2.21. The Morgan fingerprint density at radius 2 is 1.87 bits per heavy atom. The fourth-order valence-corrected chi connectivity index (χ4v) is 3.79. The average Bonchev–Trinajstić information content (AvgIpc) is 2.73. The number of carbonyl (C=O) groups is 1. The van der Waals surface area contributed by atoms with Gasteiger partial charge in [0, 0.05) is 18.2 Å². The molecule has 0 radical (unpaired) electrons. The van der Waals surface area contributed by atoms with Crippen LogP contribution in [0.2, 0.25) is 0 Å². The number of rotatable bonds is 11. The standard InChI is InChI=1S/C24H34FN3O2/c1-5-21(22-10-9-16(2)15-27-22)26-11-7-6-8-20(24(29)28-30)14-19-12-17(3)23(25)18(4)13-19/h9-10,12-13,15,20-21,26,30H,5-8,11,14H2,1-4H3,(H,28,29)/t20-,21+/m0/s1. The molecule has 5 nitrogen and oxygen atoms in total. The van der Waals surface area contributed by atoms with Crippen LogP contribution in [0.3, 0.4) is 0 Å². The van der Waals surface area contributed by atoms with Gasteiger partial charge in [-0.25, -0.2) is 9.87 Å².